The molecule has 1 aromatic rings. The van der Waals surface area contributed by atoms with Gasteiger partial charge in [-0.1, -0.05) is 6.07 Å². The van der Waals surface area contributed by atoms with E-state index in [1.807, 2.05) is 4.90 Å². The molecule has 0 aliphatic carbocycles. The Morgan fingerprint density at radius 3 is 2.55 bits per heavy atom. The van der Waals surface area contributed by atoms with Crippen LogP contribution in [0.1, 0.15) is 24.8 Å². The zero-order valence-electron chi connectivity index (χ0n) is 12.4. The summed E-state index contributed by atoms with van der Waals surface area (Å²) in [6.07, 6.45) is 3.22. The number of piperidine rings is 1. The molecule has 22 heavy (non-hydrogen) atoms. The van der Waals surface area contributed by atoms with Crippen molar-refractivity contribution in [3.8, 4) is 0 Å². The molecular weight excluding hydrogens is 310 g/mol. The molecule has 122 valence electrons. The van der Waals surface area contributed by atoms with Crippen molar-refractivity contribution in [1.82, 2.24) is 10.2 Å². The maximum absolute atomic E-state index is 13.6. The summed E-state index contributed by atoms with van der Waals surface area (Å²) < 4.78 is 26.5. The van der Waals surface area contributed by atoms with Gasteiger partial charge in [-0.2, -0.15) is 0 Å². The lowest BCUT2D eigenvalue weighted by molar-refractivity contribution is -0.132. The highest BCUT2D eigenvalue weighted by atomic mass is 35.5. The molecule has 0 atom stereocenters. The van der Waals surface area contributed by atoms with Crippen LogP contribution in [0.25, 0.3) is 0 Å². The molecule has 0 saturated carbocycles. The van der Waals surface area contributed by atoms with E-state index in [9.17, 15) is 13.6 Å². The van der Waals surface area contributed by atoms with E-state index in [4.69, 9.17) is 0 Å². The number of hydrogen-bond donors (Lipinski definition) is 1. The monoisotopic (exact) mass is 330 g/mol. The van der Waals surface area contributed by atoms with Gasteiger partial charge in [0.2, 0.25) is 5.91 Å². The van der Waals surface area contributed by atoms with Crippen LogP contribution in [0.5, 0.6) is 0 Å². The van der Waals surface area contributed by atoms with Gasteiger partial charge in [0.15, 0.2) is 0 Å². The zero-order chi connectivity index (χ0) is 14.9. The van der Waals surface area contributed by atoms with E-state index in [2.05, 4.69) is 5.32 Å². The lowest BCUT2D eigenvalue weighted by Crippen LogP contribution is -2.44. The third kappa shape index (κ3) is 3.58. The molecule has 2 aliphatic heterocycles. The molecule has 6 heteroatoms. The highest BCUT2D eigenvalue weighted by Crippen LogP contribution is 2.37. The molecule has 3 rings (SSSR count). The Kier molecular flexibility index (Phi) is 5.40. The van der Waals surface area contributed by atoms with Crippen molar-refractivity contribution in [3.63, 3.8) is 0 Å². The van der Waals surface area contributed by atoms with Gasteiger partial charge in [0.25, 0.3) is 0 Å². The average molecular weight is 331 g/mol. The number of hydrogen-bond acceptors (Lipinski definition) is 2. The summed E-state index contributed by atoms with van der Waals surface area (Å²) in [6, 6.07) is 3.38. The number of benzene rings is 1. The fraction of sp³-hybridized carbons (Fsp3) is 0.562. The second kappa shape index (κ2) is 6.92. The Hall–Kier alpha value is -1.20. The predicted octanol–water partition coefficient (Wildman–Crippen LogP) is 2.53. The van der Waals surface area contributed by atoms with Crippen LogP contribution in [0, 0.1) is 17.0 Å². The SMILES string of the molecule is Cl.O=C(Cc1ccc(F)cc1F)N1CCC2(CCNC2)CC1. The molecule has 2 heterocycles. The summed E-state index contributed by atoms with van der Waals surface area (Å²) in [5.74, 6) is -1.32. The van der Waals surface area contributed by atoms with Gasteiger partial charge in [0, 0.05) is 25.7 Å². The Labute approximate surface area is 135 Å². The van der Waals surface area contributed by atoms with Crippen molar-refractivity contribution in [1.29, 1.82) is 0 Å². The largest absolute Gasteiger partial charge is 0.342 e. The molecule has 1 N–H and O–H groups in total. The first kappa shape index (κ1) is 17.2. The summed E-state index contributed by atoms with van der Waals surface area (Å²) in [7, 11) is 0. The Balaban J connectivity index is 0.00000176. The van der Waals surface area contributed by atoms with E-state index in [1.54, 1.807) is 0 Å². The van der Waals surface area contributed by atoms with Crippen molar-refractivity contribution < 1.29 is 13.6 Å². The van der Waals surface area contributed by atoms with Crippen LogP contribution in [0.15, 0.2) is 18.2 Å². The molecule has 0 radical (unpaired) electrons. The highest BCUT2D eigenvalue weighted by Gasteiger charge is 2.37. The Morgan fingerprint density at radius 1 is 1.23 bits per heavy atom. The van der Waals surface area contributed by atoms with Crippen molar-refractivity contribution in [2.45, 2.75) is 25.7 Å². The summed E-state index contributed by atoms with van der Waals surface area (Å²) in [6.45, 7) is 3.59. The smallest absolute Gasteiger partial charge is 0.227 e. The fourth-order valence-electron chi connectivity index (χ4n) is 3.39. The van der Waals surface area contributed by atoms with Gasteiger partial charge in [0.05, 0.1) is 6.42 Å². The molecule has 2 aliphatic rings. The van der Waals surface area contributed by atoms with E-state index in [1.165, 1.54) is 18.6 Å². The van der Waals surface area contributed by atoms with Gasteiger partial charge in [-0.15, -0.1) is 12.4 Å². The number of amides is 1. The van der Waals surface area contributed by atoms with E-state index >= 15 is 0 Å². The minimum absolute atomic E-state index is 0. The van der Waals surface area contributed by atoms with Crippen LogP contribution in [0.3, 0.4) is 0 Å². The molecule has 3 nitrogen and oxygen atoms in total. The Morgan fingerprint density at radius 2 is 1.95 bits per heavy atom. The standard InChI is InChI=1S/C16H20F2N2O.ClH/c17-13-2-1-12(14(18)10-13)9-15(21)20-7-4-16(5-8-20)3-6-19-11-16;/h1-2,10,19H,3-9,11H2;1H. The van der Waals surface area contributed by atoms with Gasteiger partial charge < -0.3 is 10.2 Å². The molecule has 0 unspecified atom stereocenters. The van der Waals surface area contributed by atoms with Crippen LogP contribution < -0.4 is 5.32 Å². The molecule has 2 fully saturated rings. The number of carbonyl (C=O) groups is 1. The van der Waals surface area contributed by atoms with Crippen LogP contribution in [-0.4, -0.2) is 37.0 Å². The zero-order valence-corrected chi connectivity index (χ0v) is 13.2. The predicted molar refractivity (Wildman–Crippen MR) is 83.0 cm³/mol. The van der Waals surface area contributed by atoms with Crippen LogP contribution in [0.4, 0.5) is 8.78 Å². The topological polar surface area (TPSA) is 32.3 Å². The molecule has 2 saturated heterocycles. The minimum Gasteiger partial charge on any atom is -0.342 e. The highest BCUT2D eigenvalue weighted by molar-refractivity contribution is 5.85. The van der Waals surface area contributed by atoms with Gasteiger partial charge >= 0.3 is 0 Å². The van der Waals surface area contributed by atoms with Crippen molar-refractivity contribution in [2.24, 2.45) is 5.41 Å². The van der Waals surface area contributed by atoms with E-state index in [0.717, 1.165) is 45.1 Å². The van der Waals surface area contributed by atoms with Crippen molar-refractivity contribution in [2.75, 3.05) is 26.2 Å². The summed E-state index contributed by atoms with van der Waals surface area (Å²) >= 11 is 0. The first-order valence-corrected chi connectivity index (χ1v) is 7.50. The third-order valence-corrected chi connectivity index (χ3v) is 4.87. The van der Waals surface area contributed by atoms with Crippen LogP contribution in [-0.2, 0) is 11.2 Å². The molecular formula is C16H21ClF2N2O. The molecule has 1 amide bonds. The van der Waals surface area contributed by atoms with Crippen LogP contribution in [0.2, 0.25) is 0 Å². The average Bonchev–Trinajstić information content (AvgIpc) is 2.91. The van der Waals surface area contributed by atoms with Crippen molar-refractivity contribution in [3.05, 3.63) is 35.4 Å². The number of rotatable bonds is 2. The third-order valence-electron chi connectivity index (χ3n) is 4.87. The number of nitrogens with one attached hydrogen (secondary N) is 1. The number of carbonyl (C=O) groups excluding carboxylic acids is 1. The van der Waals surface area contributed by atoms with E-state index in [-0.39, 0.29) is 30.3 Å². The van der Waals surface area contributed by atoms with Gasteiger partial charge in [-0.05, 0) is 42.9 Å². The number of likely N-dealkylation sites (tertiary alicyclic amines) is 1. The van der Waals surface area contributed by atoms with E-state index < -0.39 is 11.6 Å². The number of nitrogens with zero attached hydrogens (tertiary/aromatic N) is 1. The summed E-state index contributed by atoms with van der Waals surface area (Å²) in [5.41, 5.74) is 0.627. The normalized spacial score (nSPS) is 20.0. The first-order valence-electron chi connectivity index (χ1n) is 7.50. The molecule has 1 spiro atoms. The number of halogens is 3. The minimum atomic E-state index is -0.642. The second-order valence-corrected chi connectivity index (χ2v) is 6.22. The quantitative estimate of drug-likeness (QED) is 0.903. The van der Waals surface area contributed by atoms with Gasteiger partial charge in [0.1, 0.15) is 11.6 Å². The summed E-state index contributed by atoms with van der Waals surface area (Å²) in [4.78, 5) is 14.1. The van der Waals surface area contributed by atoms with Gasteiger partial charge in [-0.25, -0.2) is 8.78 Å². The fourth-order valence-corrected chi connectivity index (χ4v) is 3.39. The molecule has 1 aromatic carbocycles. The van der Waals surface area contributed by atoms with Crippen LogP contribution >= 0.6 is 12.4 Å². The second-order valence-electron chi connectivity index (χ2n) is 6.22. The molecule has 0 aromatic heterocycles. The maximum atomic E-state index is 13.6. The first-order chi connectivity index (χ1) is 10.1. The maximum Gasteiger partial charge on any atom is 0.227 e. The summed E-state index contributed by atoms with van der Waals surface area (Å²) in [5, 5.41) is 3.39. The lowest BCUT2D eigenvalue weighted by atomic mass is 9.78. The van der Waals surface area contributed by atoms with Gasteiger partial charge in [-0.3, -0.25) is 4.79 Å². The lowest BCUT2D eigenvalue weighted by Gasteiger charge is -2.39. The molecule has 0 bridgehead atoms. The van der Waals surface area contributed by atoms with E-state index in [0.29, 0.717) is 5.41 Å². The van der Waals surface area contributed by atoms with Crippen molar-refractivity contribution >= 4 is 18.3 Å². The Bertz CT molecular complexity index is 537.